The van der Waals surface area contributed by atoms with Crippen LogP contribution in [0.1, 0.15) is 12.8 Å². The average molecular weight is 633 g/mol. The Morgan fingerprint density at radius 3 is 2.28 bits per heavy atom. The Morgan fingerprint density at radius 1 is 1.11 bits per heavy atom. The van der Waals surface area contributed by atoms with E-state index in [4.69, 9.17) is 0 Å². The number of halogens is 2. The Hall–Kier alpha value is 3.86. The molecule has 1 aliphatic heterocycles. The summed E-state index contributed by atoms with van der Waals surface area (Å²) in [5, 5.41) is 4.71. The number of hydrogen-bond donors (Lipinski definition) is 1. The van der Waals surface area contributed by atoms with E-state index in [9.17, 15) is 17.8 Å². The van der Waals surface area contributed by atoms with E-state index in [0.717, 1.165) is 23.1 Å². The number of thiophene rings is 1. The van der Waals surface area contributed by atoms with Crippen LogP contribution < -0.4 is 5.32 Å². The molecule has 3 aromatic rings. The molecular weight excluding hydrogens is 611 g/mol. The SMILES string of the molecule is CN(C(=O)Nc1ccc(-c2cc(F)cc(F)c2)nc1)C1CCN(S(=O)c2cccs2)CC1.[K][K].[K][K]. The van der Waals surface area contributed by atoms with Crippen LogP contribution in [0.25, 0.3) is 11.3 Å². The third-order valence-electron chi connectivity index (χ3n) is 5.37. The van der Waals surface area contributed by atoms with Crippen molar-refractivity contribution in [3.05, 3.63) is 65.7 Å². The molecular formula is C22H22F2K4N4O2S2. The van der Waals surface area contributed by atoms with E-state index >= 15 is 0 Å². The number of nitrogens with one attached hydrogen (secondary N) is 1. The van der Waals surface area contributed by atoms with E-state index in [-0.39, 0.29) is 12.1 Å². The summed E-state index contributed by atoms with van der Waals surface area (Å²) in [7, 11) is 0.587. The second-order valence-corrected chi connectivity index (χ2v) is 10.1. The van der Waals surface area contributed by atoms with Gasteiger partial charge >= 0.3 is 132 Å². The molecule has 0 aliphatic carbocycles. The summed E-state index contributed by atoms with van der Waals surface area (Å²) in [5.74, 6) is -1.35. The Balaban J connectivity index is 0.00000109. The van der Waals surface area contributed by atoms with Gasteiger partial charge in [0.1, 0.15) is 26.8 Å². The number of amides is 2. The second-order valence-electron chi connectivity index (χ2n) is 7.47. The normalized spacial score (nSPS) is 14.6. The number of carbonyl (C=O) groups excluding carboxylic acids is 1. The molecule has 1 aromatic carbocycles. The van der Waals surface area contributed by atoms with Gasteiger partial charge in [0.05, 0.1) is 17.6 Å². The van der Waals surface area contributed by atoms with Crippen molar-refractivity contribution in [3.63, 3.8) is 0 Å². The van der Waals surface area contributed by atoms with Gasteiger partial charge in [-0.3, -0.25) is 4.98 Å². The van der Waals surface area contributed by atoms with Gasteiger partial charge in [0.15, 0.2) is 0 Å². The minimum absolute atomic E-state index is 0.0362. The second kappa shape index (κ2) is 19.9. The molecule has 1 saturated heterocycles. The predicted octanol–water partition coefficient (Wildman–Crippen LogP) is 3.22. The first-order chi connectivity index (χ1) is 17.4. The molecule has 0 radical (unpaired) electrons. The van der Waals surface area contributed by atoms with Crippen molar-refractivity contribution >= 4 is 160 Å². The summed E-state index contributed by atoms with van der Waals surface area (Å²) < 4.78 is 42.2. The van der Waals surface area contributed by atoms with Crippen molar-refractivity contribution in [3.8, 4) is 11.3 Å². The number of carbonyl (C=O) groups is 1. The number of benzene rings is 1. The van der Waals surface area contributed by atoms with Crippen molar-refractivity contribution < 1.29 is 17.8 Å². The Kier molecular flexibility index (Phi) is 20.0. The molecule has 1 aliphatic rings. The quantitative estimate of drug-likeness (QED) is 0.440. The number of anilines is 1. The van der Waals surface area contributed by atoms with Gasteiger partial charge in [-0.15, -0.1) is 11.3 Å². The van der Waals surface area contributed by atoms with E-state index in [1.807, 2.05) is 21.8 Å². The van der Waals surface area contributed by atoms with E-state index in [2.05, 4.69) is 10.3 Å². The molecule has 0 spiro atoms. The van der Waals surface area contributed by atoms with Gasteiger partial charge in [-0.1, -0.05) is 6.07 Å². The zero-order valence-electron chi connectivity index (χ0n) is 21.3. The van der Waals surface area contributed by atoms with Gasteiger partial charge in [-0.25, -0.2) is 22.1 Å². The summed E-state index contributed by atoms with van der Waals surface area (Å²) in [4.78, 5) is 18.5. The summed E-state index contributed by atoms with van der Waals surface area (Å²) in [6.07, 6.45) is 2.91. The minimum atomic E-state index is -1.15. The van der Waals surface area contributed by atoms with Crippen molar-refractivity contribution in [2.75, 3.05) is 25.5 Å². The van der Waals surface area contributed by atoms with Crippen LogP contribution in [-0.4, -0.2) is 177 Å². The van der Waals surface area contributed by atoms with Crippen LogP contribution in [0.4, 0.5) is 19.3 Å². The fourth-order valence-corrected chi connectivity index (χ4v) is 5.86. The number of hydrogen-bond acceptors (Lipinski definition) is 4. The number of nitrogens with zero attached hydrogens (tertiary/aromatic N) is 3. The maximum atomic E-state index is 13.4. The van der Waals surface area contributed by atoms with E-state index < -0.39 is 22.6 Å². The summed E-state index contributed by atoms with van der Waals surface area (Å²) in [6, 6.07) is 9.98. The topological polar surface area (TPSA) is 65.5 Å². The fraction of sp³-hybridized carbons (Fsp3) is 0.273. The number of rotatable bonds is 5. The van der Waals surface area contributed by atoms with Gasteiger partial charge in [-0.05, 0) is 48.6 Å². The van der Waals surface area contributed by atoms with Crippen molar-refractivity contribution in [1.82, 2.24) is 14.2 Å². The van der Waals surface area contributed by atoms with Gasteiger partial charge < -0.3 is 10.2 Å². The van der Waals surface area contributed by atoms with Crippen LogP contribution in [0.15, 0.2) is 58.3 Å². The van der Waals surface area contributed by atoms with Crippen LogP contribution in [-0.2, 0) is 11.0 Å². The number of urea groups is 1. The first-order valence-electron chi connectivity index (χ1n) is 12.1. The Bertz CT molecular complexity index is 1100. The zero-order valence-corrected chi connectivity index (χ0v) is 35.5. The van der Waals surface area contributed by atoms with Gasteiger partial charge in [0.2, 0.25) is 0 Å². The van der Waals surface area contributed by atoms with Gasteiger partial charge in [-0.2, -0.15) is 0 Å². The molecule has 0 bridgehead atoms. The van der Waals surface area contributed by atoms with Crippen molar-refractivity contribution in [2.45, 2.75) is 23.1 Å². The zero-order chi connectivity index (χ0) is 26.7. The molecule has 0 saturated carbocycles. The van der Waals surface area contributed by atoms with Crippen molar-refractivity contribution in [2.24, 2.45) is 0 Å². The van der Waals surface area contributed by atoms with E-state index in [1.54, 1.807) is 24.1 Å². The Morgan fingerprint density at radius 2 is 1.75 bits per heavy atom. The Labute approximate surface area is 307 Å². The molecule has 6 nitrogen and oxygen atoms in total. The molecule has 1 atom stereocenters. The van der Waals surface area contributed by atoms with E-state index in [0.29, 0.717) is 30.0 Å². The summed E-state index contributed by atoms with van der Waals surface area (Å²) in [5.41, 5.74) is 1.21. The summed E-state index contributed by atoms with van der Waals surface area (Å²) >= 11 is 6.48. The van der Waals surface area contributed by atoms with Gasteiger partial charge in [0.25, 0.3) is 0 Å². The molecule has 4 rings (SSSR count). The third kappa shape index (κ3) is 11.5. The molecule has 2 amide bonds. The average Bonchev–Trinajstić information content (AvgIpc) is 3.45. The predicted molar refractivity (Wildman–Crippen MR) is 145 cm³/mol. The van der Waals surface area contributed by atoms with Gasteiger partial charge in [0, 0.05) is 37.8 Å². The van der Waals surface area contributed by atoms with Crippen molar-refractivity contribution in [1.29, 1.82) is 0 Å². The standard InChI is InChI=1S/C22H22F2N4O2S2.4K/c1-27(19-6-8-28(9-7-19)32(30)21-3-2-10-31-21)22(29)26-18-4-5-20(25-14-18)15-11-16(23)13-17(24)12-15;;;;/h2-5,10-14,19H,6-9H2,1H3,(H,26,29);;;;. The van der Waals surface area contributed by atoms with Crippen LogP contribution in [0, 0.1) is 11.6 Å². The fourth-order valence-electron chi connectivity index (χ4n) is 3.60. The monoisotopic (exact) mass is 632 g/mol. The van der Waals surface area contributed by atoms with Crippen LogP contribution in [0.2, 0.25) is 0 Å². The maximum absolute atomic E-state index is 13.4. The first-order valence-corrected chi connectivity index (χ1v) is 46.1. The number of aromatic nitrogens is 1. The molecule has 172 valence electrons. The molecule has 3 heterocycles. The first kappa shape index (κ1) is 36.0. The molecule has 1 fully saturated rings. The van der Waals surface area contributed by atoms with Crippen LogP contribution in [0.3, 0.4) is 0 Å². The third-order valence-corrected chi connectivity index (χ3v) is 8.06. The summed E-state index contributed by atoms with van der Waals surface area (Å²) in [6.45, 7) is 1.29. The van der Waals surface area contributed by atoms with Crippen LogP contribution in [0.5, 0.6) is 0 Å². The molecule has 2 aromatic heterocycles. The van der Waals surface area contributed by atoms with Crippen LogP contribution >= 0.6 is 11.3 Å². The number of piperidine rings is 1. The molecule has 1 N–H and O–H groups in total. The molecule has 1 unspecified atom stereocenters. The number of pyridine rings is 1. The molecule has 36 heavy (non-hydrogen) atoms. The molecule has 14 heteroatoms. The van der Waals surface area contributed by atoms with E-state index in [1.165, 1.54) is 156 Å².